The molecule has 4 heteroatoms. The van der Waals surface area contributed by atoms with Crippen molar-refractivity contribution in [3.63, 3.8) is 0 Å². The van der Waals surface area contributed by atoms with Crippen molar-refractivity contribution >= 4 is 11.9 Å². The molecule has 0 saturated heterocycles. The fourth-order valence-electron chi connectivity index (χ4n) is 2.36. The van der Waals surface area contributed by atoms with Crippen LogP contribution in [0.25, 0.3) is 0 Å². The molecule has 1 unspecified atom stereocenters. The summed E-state index contributed by atoms with van der Waals surface area (Å²) < 4.78 is 5.41. The molecule has 0 fully saturated rings. The van der Waals surface area contributed by atoms with Gasteiger partial charge in [-0.2, -0.15) is 0 Å². The van der Waals surface area contributed by atoms with Gasteiger partial charge in [-0.3, -0.25) is 0 Å². The Kier molecular flexibility index (Phi) is 3.93. The number of hydrogen-bond acceptors (Lipinski definition) is 3. The summed E-state index contributed by atoms with van der Waals surface area (Å²) in [6, 6.07) is 6.09. The summed E-state index contributed by atoms with van der Waals surface area (Å²) in [5.74, 6) is -1.72. The maximum absolute atomic E-state index is 12.1. The molecule has 0 spiro atoms. The summed E-state index contributed by atoms with van der Waals surface area (Å²) in [5, 5.41) is 9.08. The summed E-state index contributed by atoms with van der Waals surface area (Å²) >= 11 is 0. The van der Waals surface area contributed by atoms with Crippen molar-refractivity contribution in [2.75, 3.05) is 0 Å². The lowest BCUT2D eigenvalue weighted by molar-refractivity contribution is 0.0285. The van der Waals surface area contributed by atoms with Gasteiger partial charge >= 0.3 is 11.9 Å². The Hall–Kier alpha value is -2.10. The minimum Gasteiger partial charge on any atom is -0.478 e. The van der Waals surface area contributed by atoms with Crippen molar-refractivity contribution in [2.24, 2.45) is 5.41 Å². The topological polar surface area (TPSA) is 63.6 Å². The third-order valence-electron chi connectivity index (χ3n) is 3.41. The largest absolute Gasteiger partial charge is 0.478 e. The predicted octanol–water partition coefficient (Wildman–Crippen LogP) is 3.29. The van der Waals surface area contributed by atoms with E-state index in [1.807, 2.05) is 12.2 Å². The molecule has 1 aromatic rings. The summed E-state index contributed by atoms with van der Waals surface area (Å²) in [5.41, 5.74) is 0.153. The highest BCUT2D eigenvalue weighted by atomic mass is 16.5. The van der Waals surface area contributed by atoms with Crippen LogP contribution in [0.2, 0.25) is 0 Å². The van der Waals surface area contributed by atoms with E-state index in [9.17, 15) is 9.59 Å². The molecule has 106 valence electrons. The van der Waals surface area contributed by atoms with Gasteiger partial charge in [-0.1, -0.05) is 32.1 Å². The standard InChI is InChI=1S/C16H18O4/c1-16(2)9-5-6-11(10-16)20-15(19)13-8-4-3-7-12(13)14(17)18/h3-8,11H,9-10H2,1-2H3,(H,17,18). The molecule has 0 saturated carbocycles. The van der Waals surface area contributed by atoms with Gasteiger partial charge in [-0.05, 0) is 36.5 Å². The second-order valence-corrected chi connectivity index (χ2v) is 5.80. The molecule has 0 bridgehead atoms. The van der Waals surface area contributed by atoms with Gasteiger partial charge in [0.2, 0.25) is 0 Å². The second-order valence-electron chi connectivity index (χ2n) is 5.80. The van der Waals surface area contributed by atoms with Gasteiger partial charge < -0.3 is 9.84 Å². The minimum absolute atomic E-state index is 0.0310. The van der Waals surface area contributed by atoms with E-state index >= 15 is 0 Å². The zero-order valence-corrected chi connectivity index (χ0v) is 11.6. The van der Waals surface area contributed by atoms with Crippen LogP contribution in [0, 0.1) is 5.41 Å². The van der Waals surface area contributed by atoms with Crippen LogP contribution >= 0.6 is 0 Å². The highest BCUT2D eigenvalue weighted by molar-refractivity contribution is 6.02. The number of carboxylic acid groups (broad SMARTS) is 1. The number of allylic oxidation sites excluding steroid dienone is 1. The number of esters is 1. The fourth-order valence-corrected chi connectivity index (χ4v) is 2.36. The van der Waals surface area contributed by atoms with Crippen LogP contribution in [0.4, 0.5) is 0 Å². The predicted molar refractivity (Wildman–Crippen MR) is 74.8 cm³/mol. The first kappa shape index (κ1) is 14.3. The lowest BCUT2D eigenvalue weighted by Crippen LogP contribution is -2.27. The Morgan fingerprint density at radius 2 is 1.90 bits per heavy atom. The van der Waals surface area contributed by atoms with Crippen molar-refractivity contribution in [2.45, 2.75) is 32.8 Å². The smallest absolute Gasteiger partial charge is 0.339 e. The normalized spacial score (nSPS) is 20.4. The molecule has 0 aliphatic heterocycles. The molecule has 20 heavy (non-hydrogen) atoms. The first-order valence-corrected chi connectivity index (χ1v) is 6.59. The zero-order valence-electron chi connectivity index (χ0n) is 11.6. The summed E-state index contributed by atoms with van der Waals surface area (Å²) in [4.78, 5) is 23.2. The van der Waals surface area contributed by atoms with Crippen LogP contribution < -0.4 is 0 Å². The van der Waals surface area contributed by atoms with Crippen molar-refractivity contribution in [1.29, 1.82) is 0 Å². The van der Waals surface area contributed by atoms with Gasteiger partial charge in [0.25, 0.3) is 0 Å². The number of rotatable bonds is 3. The van der Waals surface area contributed by atoms with Crippen LogP contribution in [0.15, 0.2) is 36.4 Å². The molecule has 1 N–H and O–H groups in total. The van der Waals surface area contributed by atoms with Gasteiger partial charge in [0, 0.05) is 0 Å². The minimum atomic E-state index is -1.13. The number of hydrogen-bond donors (Lipinski definition) is 1. The molecule has 1 atom stereocenters. The van der Waals surface area contributed by atoms with Crippen LogP contribution in [-0.2, 0) is 4.74 Å². The van der Waals surface area contributed by atoms with E-state index in [0.29, 0.717) is 0 Å². The average molecular weight is 274 g/mol. The molecule has 4 nitrogen and oxygen atoms in total. The van der Waals surface area contributed by atoms with Crippen LogP contribution in [0.1, 0.15) is 47.4 Å². The van der Waals surface area contributed by atoms with Crippen LogP contribution in [0.3, 0.4) is 0 Å². The lowest BCUT2D eigenvalue weighted by Gasteiger charge is -2.30. The second kappa shape index (κ2) is 5.49. The molecular formula is C16H18O4. The number of carboxylic acids is 1. The van der Waals surface area contributed by atoms with Crippen molar-refractivity contribution in [1.82, 2.24) is 0 Å². The van der Waals surface area contributed by atoms with Gasteiger partial charge in [-0.25, -0.2) is 9.59 Å². The fraction of sp³-hybridized carbons (Fsp3) is 0.375. The molecular weight excluding hydrogens is 256 g/mol. The van der Waals surface area contributed by atoms with Gasteiger partial charge in [0.05, 0.1) is 11.1 Å². The Morgan fingerprint density at radius 1 is 1.25 bits per heavy atom. The van der Waals surface area contributed by atoms with E-state index in [2.05, 4.69) is 13.8 Å². The van der Waals surface area contributed by atoms with Gasteiger partial charge in [0.1, 0.15) is 6.10 Å². The Labute approximate surface area is 118 Å². The van der Waals surface area contributed by atoms with E-state index < -0.39 is 11.9 Å². The number of benzene rings is 1. The first-order valence-electron chi connectivity index (χ1n) is 6.59. The van der Waals surface area contributed by atoms with Crippen molar-refractivity contribution in [3.8, 4) is 0 Å². The first-order chi connectivity index (χ1) is 9.39. The molecule has 1 aromatic carbocycles. The molecule has 1 aliphatic carbocycles. The van der Waals surface area contributed by atoms with Crippen LogP contribution in [-0.4, -0.2) is 23.1 Å². The quantitative estimate of drug-likeness (QED) is 0.678. The number of carbonyl (C=O) groups excluding carboxylic acids is 1. The highest BCUT2D eigenvalue weighted by Crippen LogP contribution is 2.32. The molecule has 0 heterocycles. The average Bonchev–Trinajstić information content (AvgIpc) is 2.37. The van der Waals surface area contributed by atoms with Crippen molar-refractivity contribution < 1.29 is 19.4 Å². The molecule has 0 aromatic heterocycles. The van der Waals surface area contributed by atoms with E-state index in [1.54, 1.807) is 12.1 Å². The van der Waals surface area contributed by atoms with Crippen LogP contribution in [0.5, 0.6) is 0 Å². The third-order valence-corrected chi connectivity index (χ3v) is 3.41. The maximum Gasteiger partial charge on any atom is 0.339 e. The van der Waals surface area contributed by atoms with E-state index in [4.69, 9.17) is 9.84 Å². The Bertz CT molecular complexity index is 557. The third kappa shape index (κ3) is 3.26. The summed E-state index contributed by atoms with van der Waals surface area (Å²) in [6.07, 6.45) is 5.27. The van der Waals surface area contributed by atoms with Crippen molar-refractivity contribution in [3.05, 3.63) is 47.5 Å². The highest BCUT2D eigenvalue weighted by Gasteiger charge is 2.28. The zero-order chi connectivity index (χ0) is 14.8. The SMILES string of the molecule is CC1(C)CC=CC(OC(=O)c2ccccc2C(=O)O)C1. The van der Waals surface area contributed by atoms with E-state index in [0.717, 1.165) is 12.8 Å². The van der Waals surface area contributed by atoms with E-state index in [1.165, 1.54) is 12.1 Å². The Morgan fingerprint density at radius 3 is 2.50 bits per heavy atom. The summed E-state index contributed by atoms with van der Waals surface area (Å²) in [6.45, 7) is 4.23. The van der Waals surface area contributed by atoms with E-state index in [-0.39, 0.29) is 22.6 Å². The monoisotopic (exact) mass is 274 g/mol. The number of aromatic carboxylic acids is 1. The number of ether oxygens (including phenoxy) is 1. The lowest BCUT2D eigenvalue weighted by atomic mass is 9.80. The van der Waals surface area contributed by atoms with Gasteiger partial charge in [0.15, 0.2) is 0 Å². The number of carbonyl (C=O) groups is 2. The molecule has 1 aliphatic rings. The van der Waals surface area contributed by atoms with Gasteiger partial charge in [-0.15, -0.1) is 0 Å². The molecule has 0 amide bonds. The molecule has 2 rings (SSSR count). The summed E-state index contributed by atoms with van der Waals surface area (Å²) in [7, 11) is 0. The Balaban J connectivity index is 2.15. The molecule has 0 radical (unpaired) electrons. The maximum atomic E-state index is 12.1.